The van der Waals surface area contributed by atoms with Crippen LogP contribution in [0, 0.1) is 0 Å². The van der Waals surface area contributed by atoms with Crippen LogP contribution in [0.2, 0.25) is 5.02 Å². The SMILES string of the molecule is COC(=O)C(NC(=O)CCC(=O)O)c1ccc(OC)c(Cl)c1. The molecule has 120 valence electrons. The van der Waals surface area contributed by atoms with E-state index in [1.807, 2.05) is 0 Å². The van der Waals surface area contributed by atoms with E-state index < -0.39 is 23.9 Å². The summed E-state index contributed by atoms with van der Waals surface area (Å²) in [7, 11) is 2.64. The van der Waals surface area contributed by atoms with Crippen molar-refractivity contribution in [1.29, 1.82) is 0 Å². The van der Waals surface area contributed by atoms with Crippen molar-refractivity contribution in [1.82, 2.24) is 5.32 Å². The summed E-state index contributed by atoms with van der Waals surface area (Å²) in [5.41, 5.74) is 0.404. The van der Waals surface area contributed by atoms with E-state index in [1.165, 1.54) is 20.3 Å². The van der Waals surface area contributed by atoms with Gasteiger partial charge in [0.25, 0.3) is 0 Å². The van der Waals surface area contributed by atoms with Crippen LogP contribution in [0.25, 0.3) is 0 Å². The molecule has 8 heteroatoms. The lowest BCUT2D eigenvalue weighted by atomic mass is 10.1. The van der Waals surface area contributed by atoms with Gasteiger partial charge in [0.2, 0.25) is 5.91 Å². The second-order valence-corrected chi connectivity index (χ2v) is 4.72. The van der Waals surface area contributed by atoms with E-state index in [0.29, 0.717) is 11.3 Å². The Balaban J connectivity index is 2.93. The molecule has 1 atom stereocenters. The minimum atomic E-state index is -1.10. The van der Waals surface area contributed by atoms with Gasteiger partial charge in [-0.2, -0.15) is 0 Å². The summed E-state index contributed by atoms with van der Waals surface area (Å²) >= 11 is 5.99. The summed E-state index contributed by atoms with van der Waals surface area (Å²) in [6.07, 6.45) is -0.574. The molecule has 22 heavy (non-hydrogen) atoms. The van der Waals surface area contributed by atoms with Gasteiger partial charge in [0.15, 0.2) is 6.04 Å². The Kier molecular flexibility index (Phi) is 6.65. The minimum Gasteiger partial charge on any atom is -0.495 e. The molecule has 0 aliphatic heterocycles. The van der Waals surface area contributed by atoms with Gasteiger partial charge in [-0.3, -0.25) is 9.59 Å². The molecule has 0 bridgehead atoms. The topological polar surface area (TPSA) is 102 Å². The molecule has 0 saturated heterocycles. The van der Waals surface area contributed by atoms with Crippen LogP contribution in [-0.2, 0) is 19.1 Å². The van der Waals surface area contributed by atoms with Crippen molar-refractivity contribution in [3.8, 4) is 5.75 Å². The highest BCUT2D eigenvalue weighted by Gasteiger charge is 2.24. The fourth-order valence-corrected chi connectivity index (χ4v) is 1.98. The number of rotatable bonds is 7. The highest BCUT2D eigenvalue weighted by atomic mass is 35.5. The molecule has 2 N–H and O–H groups in total. The summed E-state index contributed by atoms with van der Waals surface area (Å²) in [4.78, 5) is 34.0. The maximum atomic E-state index is 11.8. The molecule has 0 spiro atoms. The fourth-order valence-electron chi connectivity index (χ4n) is 1.71. The average Bonchev–Trinajstić information content (AvgIpc) is 2.49. The van der Waals surface area contributed by atoms with Crippen molar-refractivity contribution >= 4 is 29.4 Å². The number of carbonyl (C=O) groups is 3. The molecule has 0 fully saturated rings. The van der Waals surface area contributed by atoms with Crippen molar-refractivity contribution in [2.24, 2.45) is 0 Å². The fraction of sp³-hybridized carbons (Fsp3) is 0.357. The first kappa shape index (κ1) is 17.8. The normalized spacial score (nSPS) is 11.4. The number of methoxy groups -OCH3 is 2. The van der Waals surface area contributed by atoms with Crippen LogP contribution in [-0.4, -0.2) is 37.2 Å². The van der Waals surface area contributed by atoms with Crippen molar-refractivity contribution in [2.75, 3.05) is 14.2 Å². The van der Waals surface area contributed by atoms with E-state index in [0.717, 1.165) is 0 Å². The van der Waals surface area contributed by atoms with Crippen LogP contribution in [0.3, 0.4) is 0 Å². The lowest BCUT2D eigenvalue weighted by Gasteiger charge is -2.17. The van der Waals surface area contributed by atoms with E-state index in [-0.39, 0.29) is 17.9 Å². The van der Waals surface area contributed by atoms with Gasteiger partial charge in [-0.25, -0.2) is 4.79 Å². The van der Waals surface area contributed by atoms with Gasteiger partial charge in [-0.15, -0.1) is 0 Å². The van der Waals surface area contributed by atoms with E-state index in [2.05, 4.69) is 10.1 Å². The molecule has 1 unspecified atom stereocenters. The molecule has 1 amide bonds. The zero-order valence-corrected chi connectivity index (χ0v) is 12.8. The number of halogens is 1. The van der Waals surface area contributed by atoms with Gasteiger partial charge >= 0.3 is 11.9 Å². The number of carboxylic acid groups (broad SMARTS) is 1. The molecule has 0 radical (unpaired) electrons. The zero-order chi connectivity index (χ0) is 16.7. The van der Waals surface area contributed by atoms with Crippen LogP contribution < -0.4 is 10.1 Å². The Morgan fingerprint density at radius 3 is 2.45 bits per heavy atom. The predicted molar refractivity (Wildman–Crippen MR) is 77.8 cm³/mol. The first-order chi connectivity index (χ1) is 10.4. The largest absolute Gasteiger partial charge is 0.495 e. The molecule has 7 nitrogen and oxygen atoms in total. The number of benzene rings is 1. The highest BCUT2D eigenvalue weighted by Crippen LogP contribution is 2.28. The van der Waals surface area contributed by atoms with E-state index >= 15 is 0 Å². The van der Waals surface area contributed by atoms with Gasteiger partial charge in [0, 0.05) is 6.42 Å². The van der Waals surface area contributed by atoms with Crippen LogP contribution in [0.5, 0.6) is 5.75 Å². The predicted octanol–water partition coefficient (Wildman–Crippen LogP) is 1.54. The molecule has 1 aromatic carbocycles. The number of carbonyl (C=O) groups excluding carboxylic acids is 2. The average molecular weight is 330 g/mol. The summed E-state index contributed by atoms with van der Waals surface area (Å²) in [6, 6.07) is 3.51. The first-order valence-corrected chi connectivity index (χ1v) is 6.69. The van der Waals surface area contributed by atoms with Gasteiger partial charge in [0.1, 0.15) is 5.75 Å². The summed E-state index contributed by atoms with van der Waals surface area (Å²) < 4.78 is 9.66. The Morgan fingerprint density at radius 2 is 1.95 bits per heavy atom. The summed E-state index contributed by atoms with van der Waals surface area (Å²) in [5.74, 6) is -1.95. The molecule has 0 saturated carbocycles. The molecule has 0 aliphatic carbocycles. The molecular formula is C14H16ClNO6. The number of nitrogens with one attached hydrogen (secondary N) is 1. The van der Waals surface area contributed by atoms with Crippen LogP contribution in [0.15, 0.2) is 18.2 Å². The van der Waals surface area contributed by atoms with Crippen LogP contribution in [0.1, 0.15) is 24.4 Å². The number of amides is 1. The molecule has 1 rings (SSSR count). The zero-order valence-electron chi connectivity index (χ0n) is 12.1. The Labute approximate surface area is 132 Å². The standard InChI is InChI=1S/C14H16ClNO6/c1-21-10-4-3-8(7-9(10)15)13(14(20)22-2)16-11(17)5-6-12(18)19/h3-4,7,13H,5-6H2,1-2H3,(H,16,17)(H,18,19). The van der Waals surface area contributed by atoms with Crippen LogP contribution >= 0.6 is 11.6 Å². The molecule has 1 aromatic rings. The molecule has 0 aliphatic rings. The number of hydrogen-bond acceptors (Lipinski definition) is 5. The van der Waals surface area contributed by atoms with E-state index in [4.69, 9.17) is 21.4 Å². The second-order valence-electron chi connectivity index (χ2n) is 4.31. The molecule has 0 heterocycles. The third kappa shape index (κ3) is 4.92. The summed E-state index contributed by atoms with van der Waals surface area (Å²) in [5, 5.41) is 11.3. The van der Waals surface area contributed by atoms with Gasteiger partial charge < -0.3 is 19.9 Å². The van der Waals surface area contributed by atoms with Crippen LogP contribution in [0.4, 0.5) is 0 Å². The highest BCUT2D eigenvalue weighted by molar-refractivity contribution is 6.32. The van der Waals surface area contributed by atoms with Gasteiger partial charge in [-0.05, 0) is 17.7 Å². The quantitative estimate of drug-likeness (QED) is 0.736. The second kappa shape index (κ2) is 8.23. The van der Waals surface area contributed by atoms with Gasteiger partial charge in [0.05, 0.1) is 25.7 Å². The number of hydrogen-bond donors (Lipinski definition) is 2. The number of carboxylic acids is 1. The van der Waals surface area contributed by atoms with Crippen molar-refractivity contribution in [3.63, 3.8) is 0 Å². The smallest absolute Gasteiger partial charge is 0.333 e. The van der Waals surface area contributed by atoms with Crippen molar-refractivity contribution < 1.29 is 29.0 Å². The van der Waals surface area contributed by atoms with E-state index in [1.54, 1.807) is 12.1 Å². The monoisotopic (exact) mass is 329 g/mol. The Bertz CT molecular complexity index is 574. The maximum Gasteiger partial charge on any atom is 0.333 e. The lowest BCUT2D eigenvalue weighted by molar-refractivity contribution is -0.145. The number of aliphatic carboxylic acids is 1. The van der Waals surface area contributed by atoms with Crippen molar-refractivity contribution in [2.45, 2.75) is 18.9 Å². The summed E-state index contributed by atoms with van der Waals surface area (Å²) in [6.45, 7) is 0. The van der Waals surface area contributed by atoms with E-state index in [9.17, 15) is 14.4 Å². The Morgan fingerprint density at radius 1 is 1.27 bits per heavy atom. The number of ether oxygens (including phenoxy) is 2. The lowest BCUT2D eigenvalue weighted by Crippen LogP contribution is -2.34. The maximum absolute atomic E-state index is 11.8. The third-order valence-electron chi connectivity index (χ3n) is 2.82. The molecule has 0 aromatic heterocycles. The number of esters is 1. The minimum absolute atomic E-state index is 0.243. The first-order valence-electron chi connectivity index (χ1n) is 6.31. The Hall–Kier alpha value is -2.28. The molecular weight excluding hydrogens is 314 g/mol. The third-order valence-corrected chi connectivity index (χ3v) is 3.11. The van der Waals surface area contributed by atoms with Crippen molar-refractivity contribution in [3.05, 3.63) is 28.8 Å². The van der Waals surface area contributed by atoms with Gasteiger partial charge in [-0.1, -0.05) is 17.7 Å².